The van der Waals surface area contributed by atoms with Crippen LogP contribution in [0.3, 0.4) is 0 Å². The van der Waals surface area contributed by atoms with Crippen LogP contribution in [0.2, 0.25) is 0 Å². The van der Waals surface area contributed by atoms with Crippen LogP contribution in [0.1, 0.15) is 29.2 Å². The van der Waals surface area contributed by atoms with Crippen molar-refractivity contribution in [1.29, 1.82) is 0 Å². The minimum Gasteiger partial charge on any atom is -0.0765 e. The lowest BCUT2D eigenvalue weighted by molar-refractivity contribution is 1.29. The first-order valence-electron chi connectivity index (χ1n) is 7.29. The Balaban J connectivity index is 2.28. The van der Waals surface area contributed by atoms with E-state index in [4.69, 9.17) is 0 Å². The largest absolute Gasteiger partial charge is 0.0765 e. The first-order chi connectivity index (χ1) is 9.68. The maximum absolute atomic E-state index is 2.37. The molecule has 3 aromatic carbocycles. The Morgan fingerprint density at radius 2 is 1.60 bits per heavy atom. The van der Waals surface area contributed by atoms with Crippen LogP contribution in [0.4, 0.5) is 0 Å². The van der Waals surface area contributed by atoms with Gasteiger partial charge < -0.3 is 0 Å². The van der Waals surface area contributed by atoms with Gasteiger partial charge in [0.1, 0.15) is 0 Å². The van der Waals surface area contributed by atoms with E-state index in [1.54, 1.807) is 0 Å². The molecule has 0 fully saturated rings. The van der Waals surface area contributed by atoms with Gasteiger partial charge in [-0.2, -0.15) is 0 Å². The molecular formula is C20H18. The molecule has 0 saturated carbocycles. The third-order valence-electron chi connectivity index (χ3n) is 4.88. The normalized spacial score (nSPS) is 13.8. The van der Waals surface area contributed by atoms with Gasteiger partial charge in [0.05, 0.1) is 0 Å². The average molecular weight is 258 g/mol. The molecule has 0 amide bonds. The minimum absolute atomic E-state index is 1.08. The first-order valence-corrected chi connectivity index (χ1v) is 7.29. The number of allylic oxidation sites excluding steroid dienone is 2. The van der Waals surface area contributed by atoms with Crippen molar-refractivity contribution in [3.8, 4) is 0 Å². The van der Waals surface area contributed by atoms with Gasteiger partial charge in [0, 0.05) is 0 Å². The molecule has 0 unspecified atom stereocenters. The minimum atomic E-state index is 1.08. The highest BCUT2D eigenvalue weighted by atomic mass is 14.2. The molecule has 4 rings (SSSR count). The molecule has 98 valence electrons. The Morgan fingerprint density at radius 3 is 2.45 bits per heavy atom. The number of aryl methyl sites for hydroxylation is 1. The lowest BCUT2D eigenvalue weighted by Gasteiger charge is -2.16. The van der Waals surface area contributed by atoms with Crippen LogP contribution >= 0.6 is 0 Å². The fourth-order valence-electron chi connectivity index (χ4n) is 3.77. The SMILES string of the molecule is CC1=CCc2c1c(C)c(C)c1c2ccc2ccccc21. The zero-order valence-corrected chi connectivity index (χ0v) is 12.2. The third-order valence-corrected chi connectivity index (χ3v) is 4.88. The van der Waals surface area contributed by atoms with Crippen molar-refractivity contribution in [2.24, 2.45) is 0 Å². The molecule has 0 saturated heterocycles. The van der Waals surface area contributed by atoms with Crippen LogP contribution in [-0.4, -0.2) is 0 Å². The molecule has 0 heterocycles. The summed E-state index contributed by atoms with van der Waals surface area (Å²) in [4.78, 5) is 0. The summed E-state index contributed by atoms with van der Waals surface area (Å²) in [7, 11) is 0. The highest BCUT2D eigenvalue weighted by Crippen LogP contribution is 2.40. The summed E-state index contributed by atoms with van der Waals surface area (Å²) < 4.78 is 0. The summed E-state index contributed by atoms with van der Waals surface area (Å²) in [6.07, 6.45) is 3.45. The molecule has 0 spiro atoms. The average Bonchev–Trinajstić information content (AvgIpc) is 2.86. The Kier molecular flexibility index (Phi) is 2.32. The van der Waals surface area contributed by atoms with Crippen molar-refractivity contribution >= 4 is 27.1 Å². The number of rotatable bonds is 0. The number of fused-ring (bicyclic) bond motifs is 5. The summed E-state index contributed by atoms with van der Waals surface area (Å²) in [6.45, 7) is 6.79. The predicted molar refractivity (Wildman–Crippen MR) is 88.3 cm³/mol. The van der Waals surface area contributed by atoms with Crippen LogP contribution in [-0.2, 0) is 6.42 Å². The van der Waals surface area contributed by atoms with Crippen LogP contribution in [0.25, 0.3) is 27.1 Å². The van der Waals surface area contributed by atoms with E-state index in [1.807, 2.05) is 0 Å². The predicted octanol–water partition coefficient (Wildman–Crippen LogP) is 5.57. The summed E-state index contributed by atoms with van der Waals surface area (Å²) in [5.41, 5.74) is 7.34. The lowest BCUT2D eigenvalue weighted by Crippen LogP contribution is -1.96. The van der Waals surface area contributed by atoms with E-state index in [-0.39, 0.29) is 0 Å². The number of hydrogen-bond acceptors (Lipinski definition) is 0. The second-order valence-corrected chi connectivity index (χ2v) is 5.90. The molecule has 0 bridgehead atoms. The zero-order chi connectivity index (χ0) is 13.9. The van der Waals surface area contributed by atoms with E-state index in [1.165, 1.54) is 49.4 Å². The van der Waals surface area contributed by atoms with E-state index in [0.717, 1.165) is 6.42 Å². The van der Waals surface area contributed by atoms with E-state index in [2.05, 4.69) is 63.2 Å². The van der Waals surface area contributed by atoms with Gasteiger partial charge in [-0.05, 0) is 76.6 Å². The summed E-state index contributed by atoms with van der Waals surface area (Å²) in [6, 6.07) is 13.3. The fraction of sp³-hybridized carbons (Fsp3) is 0.200. The first kappa shape index (κ1) is 11.7. The molecule has 1 aliphatic rings. The van der Waals surface area contributed by atoms with Crippen molar-refractivity contribution in [1.82, 2.24) is 0 Å². The monoisotopic (exact) mass is 258 g/mol. The lowest BCUT2D eigenvalue weighted by atomic mass is 9.87. The van der Waals surface area contributed by atoms with Crippen LogP contribution in [0.15, 0.2) is 42.5 Å². The van der Waals surface area contributed by atoms with Gasteiger partial charge in [0.2, 0.25) is 0 Å². The second kappa shape index (κ2) is 3.96. The molecule has 0 aliphatic heterocycles. The molecule has 3 aromatic rings. The number of hydrogen-bond donors (Lipinski definition) is 0. The Bertz CT molecular complexity index is 895. The van der Waals surface area contributed by atoms with E-state index in [9.17, 15) is 0 Å². The standard InChI is InChI=1S/C20H18/c1-12-8-10-17-18-11-9-15-6-4-5-7-16(15)20(18)14(3)13(2)19(12)17/h4-9,11H,10H2,1-3H3. The van der Waals surface area contributed by atoms with Gasteiger partial charge in [-0.15, -0.1) is 0 Å². The van der Waals surface area contributed by atoms with Crippen molar-refractivity contribution in [3.63, 3.8) is 0 Å². The quantitative estimate of drug-likeness (QED) is 0.462. The summed E-state index contributed by atoms with van der Waals surface area (Å²) in [5, 5.41) is 5.61. The van der Waals surface area contributed by atoms with Crippen LogP contribution < -0.4 is 0 Å². The molecule has 0 nitrogen and oxygen atoms in total. The van der Waals surface area contributed by atoms with Gasteiger partial charge in [0.15, 0.2) is 0 Å². The van der Waals surface area contributed by atoms with Gasteiger partial charge in [-0.25, -0.2) is 0 Å². The summed E-state index contributed by atoms with van der Waals surface area (Å²) >= 11 is 0. The molecule has 0 radical (unpaired) electrons. The topological polar surface area (TPSA) is 0 Å². The smallest absolute Gasteiger partial charge is 0.00702 e. The highest BCUT2D eigenvalue weighted by Gasteiger charge is 2.19. The molecular weight excluding hydrogens is 240 g/mol. The zero-order valence-electron chi connectivity index (χ0n) is 12.2. The molecule has 0 heteroatoms. The summed E-state index contributed by atoms with van der Waals surface area (Å²) in [5.74, 6) is 0. The fourth-order valence-corrected chi connectivity index (χ4v) is 3.77. The molecule has 1 aliphatic carbocycles. The Morgan fingerprint density at radius 1 is 0.800 bits per heavy atom. The van der Waals surface area contributed by atoms with Gasteiger partial charge in [-0.3, -0.25) is 0 Å². The van der Waals surface area contributed by atoms with Gasteiger partial charge in [0.25, 0.3) is 0 Å². The van der Waals surface area contributed by atoms with E-state index in [0.29, 0.717) is 0 Å². The Labute approximate surface area is 119 Å². The molecule has 0 atom stereocenters. The van der Waals surface area contributed by atoms with Gasteiger partial charge >= 0.3 is 0 Å². The second-order valence-electron chi connectivity index (χ2n) is 5.90. The highest BCUT2D eigenvalue weighted by molar-refractivity contribution is 6.12. The van der Waals surface area contributed by atoms with E-state index < -0.39 is 0 Å². The molecule has 0 aromatic heterocycles. The van der Waals surface area contributed by atoms with Crippen molar-refractivity contribution in [2.45, 2.75) is 27.2 Å². The van der Waals surface area contributed by atoms with Crippen molar-refractivity contribution in [2.75, 3.05) is 0 Å². The molecule has 0 N–H and O–H groups in total. The third kappa shape index (κ3) is 1.37. The van der Waals surface area contributed by atoms with Crippen molar-refractivity contribution < 1.29 is 0 Å². The number of benzene rings is 3. The maximum Gasteiger partial charge on any atom is -0.00702 e. The molecule has 20 heavy (non-hydrogen) atoms. The van der Waals surface area contributed by atoms with Crippen LogP contribution in [0.5, 0.6) is 0 Å². The Hall–Kier alpha value is -2.08. The van der Waals surface area contributed by atoms with Crippen molar-refractivity contribution in [3.05, 3.63) is 64.7 Å². The van der Waals surface area contributed by atoms with Gasteiger partial charge in [-0.1, -0.05) is 42.5 Å². The van der Waals surface area contributed by atoms with Crippen LogP contribution in [0, 0.1) is 13.8 Å². The maximum atomic E-state index is 2.37. The van der Waals surface area contributed by atoms with E-state index >= 15 is 0 Å².